The van der Waals surface area contributed by atoms with E-state index < -0.39 is 0 Å². The highest BCUT2D eigenvalue weighted by Gasteiger charge is 2.19. The maximum absolute atomic E-state index is 5.46. The molecule has 0 bridgehead atoms. The Kier molecular flexibility index (Phi) is 4.32. The van der Waals surface area contributed by atoms with Crippen LogP contribution in [0.4, 0.5) is 11.6 Å². The number of nitrogens with zero attached hydrogens (tertiary/aromatic N) is 4. The quantitative estimate of drug-likeness (QED) is 0.582. The Bertz CT molecular complexity index is 602. The van der Waals surface area contributed by atoms with Gasteiger partial charge < -0.3 is 10.7 Å². The van der Waals surface area contributed by atoms with Gasteiger partial charge in [-0.15, -0.1) is 0 Å². The van der Waals surface area contributed by atoms with E-state index in [0.29, 0.717) is 18.2 Å². The lowest BCUT2D eigenvalue weighted by atomic mass is 9.96. The lowest BCUT2D eigenvalue weighted by molar-refractivity contribution is 0.546. The largest absolute Gasteiger partial charge is 0.364 e. The first-order valence-electron chi connectivity index (χ1n) is 6.76. The molecule has 2 rings (SSSR count). The van der Waals surface area contributed by atoms with Gasteiger partial charge in [0.25, 0.3) is 0 Å². The summed E-state index contributed by atoms with van der Waals surface area (Å²) in [5.41, 5.74) is 4.15. The molecule has 7 heteroatoms. The lowest BCUT2D eigenvalue weighted by Crippen LogP contribution is -2.20. The molecule has 0 unspecified atom stereocenters. The van der Waals surface area contributed by atoms with E-state index in [-0.39, 0.29) is 5.41 Å². The van der Waals surface area contributed by atoms with Crippen LogP contribution in [0.25, 0.3) is 0 Å². The number of aryl methyl sites for hydroxylation is 1. The lowest BCUT2D eigenvalue weighted by Gasteiger charge is -2.18. The van der Waals surface area contributed by atoms with Crippen LogP contribution in [0.15, 0.2) is 18.5 Å². The zero-order valence-electron chi connectivity index (χ0n) is 12.8. The van der Waals surface area contributed by atoms with Gasteiger partial charge in [0, 0.05) is 17.7 Å². The zero-order valence-corrected chi connectivity index (χ0v) is 12.8. The summed E-state index contributed by atoms with van der Waals surface area (Å²) in [5, 5.41) is 3.22. The minimum absolute atomic E-state index is 0.160. The standard InChI is InChI=1S/C14H21N7/c1-9-6-17-10(7-16-9)8-18-11-5-12(21-15)20-13(19-11)14(2,3)4/h5-7H,8,15H2,1-4H3,(H2,18,19,20,21). The number of hydrogen-bond donors (Lipinski definition) is 3. The average molecular weight is 287 g/mol. The van der Waals surface area contributed by atoms with Crippen LogP contribution in [0.3, 0.4) is 0 Å². The normalized spacial score (nSPS) is 11.3. The Morgan fingerprint density at radius 3 is 2.38 bits per heavy atom. The van der Waals surface area contributed by atoms with E-state index in [4.69, 9.17) is 5.84 Å². The van der Waals surface area contributed by atoms with Crippen LogP contribution in [-0.2, 0) is 12.0 Å². The van der Waals surface area contributed by atoms with Crippen molar-refractivity contribution in [2.24, 2.45) is 5.84 Å². The van der Waals surface area contributed by atoms with Crippen LogP contribution in [0.1, 0.15) is 38.0 Å². The van der Waals surface area contributed by atoms with Gasteiger partial charge in [-0.3, -0.25) is 9.97 Å². The van der Waals surface area contributed by atoms with Crippen LogP contribution < -0.4 is 16.6 Å². The summed E-state index contributed by atoms with van der Waals surface area (Å²) in [6.45, 7) is 8.61. The van der Waals surface area contributed by atoms with Gasteiger partial charge in [-0.2, -0.15) is 0 Å². The molecular formula is C14H21N7. The highest BCUT2D eigenvalue weighted by Crippen LogP contribution is 2.22. The third-order valence-electron chi connectivity index (χ3n) is 2.83. The fourth-order valence-electron chi connectivity index (χ4n) is 1.64. The Morgan fingerprint density at radius 1 is 1.10 bits per heavy atom. The number of rotatable bonds is 4. The van der Waals surface area contributed by atoms with Gasteiger partial charge in [-0.05, 0) is 6.92 Å². The molecule has 0 amide bonds. The summed E-state index contributed by atoms with van der Waals surface area (Å²) in [6.07, 6.45) is 3.49. The van der Waals surface area contributed by atoms with Gasteiger partial charge in [0.05, 0.1) is 24.1 Å². The number of hydrazine groups is 1. The fraction of sp³-hybridized carbons (Fsp3) is 0.429. The minimum Gasteiger partial charge on any atom is -0.364 e. The number of nitrogens with one attached hydrogen (secondary N) is 2. The average Bonchev–Trinajstić information content (AvgIpc) is 2.45. The molecule has 0 aliphatic heterocycles. The maximum Gasteiger partial charge on any atom is 0.145 e. The van der Waals surface area contributed by atoms with Crippen molar-refractivity contribution in [3.05, 3.63) is 35.7 Å². The summed E-state index contributed by atoms with van der Waals surface area (Å²) >= 11 is 0. The second kappa shape index (κ2) is 6.01. The Hall–Kier alpha value is -2.28. The molecule has 4 N–H and O–H groups in total. The van der Waals surface area contributed by atoms with Crippen LogP contribution in [-0.4, -0.2) is 19.9 Å². The predicted molar refractivity (Wildman–Crippen MR) is 82.6 cm³/mol. The minimum atomic E-state index is -0.160. The second-order valence-electron chi connectivity index (χ2n) is 5.86. The van der Waals surface area contributed by atoms with Gasteiger partial charge in [0.1, 0.15) is 17.5 Å². The first-order chi connectivity index (χ1) is 9.88. The third kappa shape index (κ3) is 4.09. The topological polar surface area (TPSA) is 102 Å². The first kappa shape index (κ1) is 15.1. The number of nitrogen functional groups attached to an aromatic ring is 1. The summed E-state index contributed by atoms with van der Waals surface area (Å²) in [6, 6.07) is 1.76. The molecule has 0 aliphatic carbocycles. The molecular weight excluding hydrogens is 266 g/mol. The maximum atomic E-state index is 5.46. The van der Waals surface area contributed by atoms with Crippen molar-refractivity contribution in [2.75, 3.05) is 10.7 Å². The van der Waals surface area contributed by atoms with E-state index in [1.807, 2.05) is 6.92 Å². The van der Waals surface area contributed by atoms with E-state index in [1.54, 1.807) is 18.5 Å². The van der Waals surface area contributed by atoms with Crippen molar-refractivity contribution >= 4 is 11.6 Å². The van der Waals surface area contributed by atoms with Gasteiger partial charge in [-0.25, -0.2) is 15.8 Å². The smallest absolute Gasteiger partial charge is 0.145 e. The van der Waals surface area contributed by atoms with Crippen molar-refractivity contribution in [1.29, 1.82) is 0 Å². The fourth-order valence-corrected chi connectivity index (χ4v) is 1.64. The molecule has 0 saturated heterocycles. The van der Waals surface area contributed by atoms with Gasteiger partial charge in [-0.1, -0.05) is 20.8 Å². The van der Waals surface area contributed by atoms with E-state index in [9.17, 15) is 0 Å². The molecule has 21 heavy (non-hydrogen) atoms. The summed E-state index contributed by atoms with van der Waals surface area (Å²) in [7, 11) is 0. The molecule has 2 heterocycles. The van der Waals surface area contributed by atoms with Gasteiger partial charge >= 0.3 is 0 Å². The molecule has 0 aromatic carbocycles. The molecule has 7 nitrogen and oxygen atoms in total. The first-order valence-corrected chi connectivity index (χ1v) is 6.76. The van der Waals surface area contributed by atoms with E-state index >= 15 is 0 Å². The molecule has 2 aromatic rings. The summed E-state index contributed by atoms with van der Waals surface area (Å²) in [5.74, 6) is 7.46. The van der Waals surface area contributed by atoms with Crippen molar-refractivity contribution in [3.8, 4) is 0 Å². The summed E-state index contributed by atoms with van der Waals surface area (Å²) < 4.78 is 0. The Balaban J connectivity index is 2.17. The van der Waals surface area contributed by atoms with Crippen LogP contribution >= 0.6 is 0 Å². The van der Waals surface area contributed by atoms with Gasteiger partial charge in [0.2, 0.25) is 0 Å². The molecule has 0 atom stereocenters. The highest BCUT2D eigenvalue weighted by atomic mass is 15.3. The predicted octanol–water partition coefficient (Wildman–Crippen LogP) is 1.77. The third-order valence-corrected chi connectivity index (χ3v) is 2.83. The molecule has 0 aliphatic rings. The number of anilines is 2. The van der Waals surface area contributed by atoms with Crippen molar-refractivity contribution in [2.45, 2.75) is 39.7 Å². The highest BCUT2D eigenvalue weighted by molar-refractivity contribution is 5.47. The van der Waals surface area contributed by atoms with Crippen molar-refractivity contribution in [3.63, 3.8) is 0 Å². The molecule has 0 fully saturated rings. The molecule has 2 aromatic heterocycles. The molecule has 0 saturated carbocycles. The molecule has 0 spiro atoms. The van der Waals surface area contributed by atoms with Gasteiger partial charge in [0.15, 0.2) is 0 Å². The summed E-state index contributed by atoms with van der Waals surface area (Å²) in [4.78, 5) is 17.4. The SMILES string of the molecule is Cc1cnc(CNc2cc(NN)nc(C(C)(C)C)n2)cn1. The number of hydrogen-bond acceptors (Lipinski definition) is 7. The number of nitrogens with two attached hydrogens (primary N) is 1. The van der Waals surface area contributed by atoms with Crippen LogP contribution in [0.5, 0.6) is 0 Å². The molecule has 112 valence electrons. The Morgan fingerprint density at radius 2 is 1.81 bits per heavy atom. The van der Waals surface area contributed by atoms with Crippen LogP contribution in [0, 0.1) is 6.92 Å². The van der Waals surface area contributed by atoms with Crippen molar-refractivity contribution < 1.29 is 0 Å². The Labute approximate surface area is 124 Å². The van der Waals surface area contributed by atoms with E-state index in [2.05, 4.69) is 51.4 Å². The van der Waals surface area contributed by atoms with Crippen LogP contribution in [0.2, 0.25) is 0 Å². The zero-order chi connectivity index (χ0) is 15.5. The van der Waals surface area contributed by atoms with Crippen molar-refractivity contribution in [1.82, 2.24) is 19.9 Å². The van der Waals surface area contributed by atoms with E-state index in [0.717, 1.165) is 17.2 Å². The monoisotopic (exact) mass is 287 g/mol. The second-order valence-corrected chi connectivity index (χ2v) is 5.86. The molecule has 0 radical (unpaired) electrons. The number of aromatic nitrogens is 4. The van der Waals surface area contributed by atoms with E-state index in [1.165, 1.54) is 0 Å².